The number of aromatic nitrogens is 2. The first kappa shape index (κ1) is 14.4. The Morgan fingerprint density at radius 3 is 2.64 bits per heavy atom. The molecule has 5 heteroatoms. The molecule has 0 spiro atoms. The number of halogens is 1. The molecule has 0 radical (unpaired) electrons. The van der Waals surface area contributed by atoms with Gasteiger partial charge < -0.3 is 4.57 Å². The number of carbonyl (C=O) groups is 1. The van der Waals surface area contributed by atoms with E-state index in [1.165, 1.54) is 0 Å². The van der Waals surface area contributed by atoms with Gasteiger partial charge in [-0.2, -0.15) is 0 Å². The molecular weight excluding hydrogens is 298 g/mol. The Balaban J connectivity index is 1.85. The first-order valence-corrected chi connectivity index (χ1v) is 7.17. The monoisotopic (exact) mass is 311 g/mol. The third kappa shape index (κ3) is 2.87. The van der Waals surface area contributed by atoms with Crippen molar-refractivity contribution in [3.63, 3.8) is 0 Å². The standard InChI is InChI=1S/C17H14ClN3O/c1-21-15(12-6-3-2-4-7-12)11-19-17(21)20-16(22)13-8-5-9-14(18)10-13/h2-11H,1H3,(H,19,20,22). The molecule has 0 fully saturated rings. The molecule has 1 heterocycles. The number of nitrogens with one attached hydrogen (secondary N) is 1. The highest BCUT2D eigenvalue weighted by molar-refractivity contribution is 6.31. The lowest BCUT2D eigenvalue weighted by molar-refractivity contribution is 0.102. The fraction of sp³-hybridized carbons (Fsp3) is 0.0588. The van der Waals surface area contributed by atoms with Gasteiger partial charge in [0.2, 0.25) is 5.95 Å². The number of hydrogen-bond acceptors (Lipinski definition) is 2. The summed E-state index contributed by atoms with van der Waals surface area (Å²) in [6, 6.07) is 16.7. The molecular formula is C17H14ClN3O. The van der Waals surface area contributed by atoms with E-state index in [9.17, 15) is 4.79 Å². The van der Waals surface area contributed by atoms with E-state index < -0.39 is 0 Å². The number of benzene rings is 2. The van der Waals surface area contributed by atoms with Gasteiger partial charge in [-0.25, -0.2) is 4.98 Å². The summed E-state index contributed by atoms with van der Waals surface area (Å²) in [4.78, 5) is 16.5. The molecule has 1 N–H and O–H groups in total. The van der Waals surface area contributed by atoms with Crippen LogP contribution >= 0.6 is 11.6 Å². The Bertz CT molecular complexity index is 812. The normalized spacial score (nSPS) is 10.5. The third-order valence-electron chi connectivity index (χ3n) is 3.37. The van der Waals surface area contributed by atoms with Crippen LogP contribution in [-0.2, 0) is 7.05 Å². The van der Waals surface area contributed by atoms with Crippen LogP contribution in [0.4, 0.5) is 5.95 Å². The summed E-state index contributed by atoms with van der Waals surface area (Å²) in [7, 11) is 1.86. The predicted octanol–water partition coefficient (Wildman–Crippen LogP) is 3.99. The summed E-state index contributed by atoms with van der Waals surface area (Å²) in [6.07, 6.45) is 1.74. The fourth-order valence-corrected chi connectivity index (χ4v) is 2.40. The number of rotatable bonds is 3. The summed E-state index contributed by atoms with van der Waals surface area (Å²) in [5, 5.41) is 3.32. The molecule has 110 valence electrons. The van der Waals surface area contributed by atoms with Crippen molar-refractivity contribution in [2.24, 2.45) is 7.05 Å². The molecule has 0 aliphatic carbocycles. The average Bonchev–Trinajstić information content (AvgIpc) is 2.89. The molecule has 1 aromatic heterocycles. The first-order chi connectivity index (χ1) is 10.6. The number of carbonyl (C=O) groups excluding carboxylic acids is 1. The fourth-order valence-electron chi connectivity index (χ4n) is 2.21. The van der Waals surface area contributed by atoms with Crippen LogP contribution in [0.1, 0.15) is 10.4 Å². The Hall–Kier alpha value is -2.59. The SMILES string of the molecule is Cn1c(-c2ccccc2)cnc1NC(=O)c1cccc(Cl)c1. The lowest BCUT2D eigenvalue weighted by Crippen LogP contribution is -2.15. The maximum Gasteiger partial charge on any atom is 0.258 e. The summed E-state index contributed by atoms with van der Waals surface area (Å²) in [5.74, 6) is 0.250. The Morgan fingerprint density at radius 1 is 1.14 bits per heavy atom. The average molecular weight is 312 g/mol. The lowest BCUT2D eigenvalue weighted by atomic mass is 10.2. The van der Waals surface area contributed by atoms with Gasteiger partial charge in [-0.05, 0) is 23.8 Å². The quantitative estimate of drug-likeness (QED) is 0.795. The van der Waals surface area contributed by atoms with Crippen molar-refractivity contribution in [2.75, 3.05) is 5.32 Å². The van der Waals surface area contributed by atoms with Crippen molar-refractivity contribution in [1.82, 2.24) is 9.55 Å². The van der Waals surface area contributed by atoms with Gasteiger partial charge in [0.15, 0.2) is 0 Å². The van der Waals surface area contributed by atoms with E-state index in [0.29, 0.717) is 16.5 Å². The summed E-state index contributed by atoms with van der Waals surface area (Å²) in [5.41, 5.74) is 2.47. The lowest BCUT2D eigenvalue weighted by Gasteiger charge is -2.07. The molecule has 3 aromatic rings. The van der Waals surface area contributed by atoms with Crippen LogP contribution in [0.15, 0.2) is 60.8 Å². The predicted molar refractivity (Wildman–Crippen MR) is 88.0 cm³/mol. The topological polar surface area (TPSA) is 46.9 Å². The summed E-state index contributed by atoms with van der Waals surface area (Å²) < 4.78 is 1.85. The van der Waals surface area contributed by atoms with E-state index >= 15 is 0 Å². The molecule has 0 bridgehead atoms. The second-order valence-electron chi connectivity index (χ2n) is 4.86. The second kappa shape index (κ2) is 6.03. The Labute approximate surface area is 133 Å². The smallest absolute Gasteiger partial charge is 0.258 e. The number of imidazole rings is 1. The minimum absolute atomic E-state index is 0.240. The van der Waals surface area contributed by atoms with Gasteiger partial charge in [-0.3, -0.25) is 10.1 Å². The second-order valence-corrected chi connectivity index (χ2v) is 5.29. The van der Waals surface area contributed by atoms with E-state index in [-0.39, 0.29) is 5.91 Å². The highest BCUT2D eigenvalue weighted by Gasteiger charge is 2.12. The van der Waals surface area contributed by atoms with Crippen LogP contribution in [0.25, 0.3) is 11.3 Å². The Kier molecular flexibility index (Phi) is 3.94. The van der Waals surface area contributed by atoms with Crippen molar-refractivity contribution >= 4 is 23.5 Å². The molecule has 3 rings (SSSR count). The van der Waals surface area contributed by atoms with E-state index in [2.05, 4.69) is 10.3 Å². The van der Waals surface area contributed by atoms with Crippen molar-refractivity contribution in [2.45, 2.75) is 0 Å². The maximum atomic E-state index is 12.2. The van der Waals surface area contributed by atoms with Crippen LogP contribution in [0.5, 0.6) is 0 Å². The van der Waals surface area contributed by atoms with Gasteiger partial charge in [0.25, 0.3) is 5.91 Å². The van der Waals surface area contributed by atoms with Crippen LogP contribution < -0.4 is 5.32 Å². The van der Waals surface area contributed by atoms with Crippen molar-refractivity contribution in [3.8, 4) is 11.3 Å². The van der Waals surface area contributed by atoms with Gasteiger partial charge in [-0.15, -0.1) is 0 Å². The zero-order valence-electron chi connectivity index (χ0n) is 12.0. The minimum atomic E-state index is -0.240. The zero-order chi connectivity index (χ0) is 15.5. The van der Waals surface area contributed by atoms with E-state index in [0.717, 1.165) is 11.3 Å². The van der Waals surface area contributed by atoms with Gasteiger partial charge in [0.1, 0.15) is 0 Å². The van der Waals surface area contributed by atoms with Crippen molar-refractivity contribution < 1.29 is 4.79 Å². The van der Waals surface area contributed by atoms with Gasteiger partial charge >= 0.3 is 0 Å². The molecule has 4 nitrogen and oxygen atoms in total. The van der Waals surface area contributed by atoms with E-state index in [1.54, 1.807) is 30.5 Å². The molecule has 0 atom stereocenters. The van der Waals surface area contributed by atoms with Crippen LogP contribution in [-0.4, -0.2) is 15.5 Å². The molecule has 0 aliphatic rings. The molecule has 1 amide bonds. The molecule has 0 saturated heterocycles. The zero-order valence-corrected chi connectivity index (χ0v) is 12.7. The van der Waals surface area contributed by atoms with Gasteiger partial charge in [0, 0.05) is 17.6 Å². The summed E-state index contributed by atoms with van der Waals surface area (Å²) >= 11 is 5.91. The first-order valence-electron chi connectivity index (χ1n) is 6.79. The largest absolute Gasteiger partial charge is 0.313 e. The molecule has 22 heavy (non-hydrogen) atoms. The summed E-state index contributed by atoms with van der Waals surface area (Å²) in [6.45, 7) is 0. The highest BCUT2D eigenvalue weighted by Crippen LogP contribution is 2.22. The van der Waals surface area contributed by atoms with Crippen LogP contribution in [0.2, 0.25) is 5.02 Å². The number of amides is 1. The van der Waals surface area contributed by atoms with Gasteiger partial charge in [0.05, 0.1) is 11.9 Å². The molecule has 0 unspecified atom stereocenters. The number of nitrogens with zero attached hydrogens (tertiary/aromatic N) is 2. The maximum absolute atomic E-state index is 12.2. The number of anilines is 1. The van der Waals surface area contributed by atoms with E-state index in [1.807, 2.05) is 41.9 Å². The van der Waals surface area contributed by atoms with Crippen LogP contribution in [0, 0.1) is 0 Å². The highest BCUT2D eigenvalue weighted by atomic mass is 35.5. The Morgan fingerprint density at radius 2 is 1.91 bits per heavy atom. The third-order valence-corrected chi connectivity index (χ3v) is 3.60. The molecule has 2 aromatic carbocycles. The van der Waals surface area contributed by atoms with E-state index in [4.69, 9.17) is 11.6 Å². The minimum Gasteiger partial charge on any atom is -0.313 e. The van der Waals surface area contributed by atoms with Crippen molar-refractivity contribution in [3.05, 3.63) is 71.4 Å². The molecule has 0 saturated carbocycles. The van der Waals surface area contributed by atoms with Crippen molar-refractivity contribution in [1.29, 1.82) is 0 Å². The van der Waals surface area contributed by atoms with Gasteiger partial charge in [-0.1, -0.05) is 48.0 Å². The number of hydrogen-bond donors (Lipinski definition) is 1. The molecule has 0 aliphatic heterocycles. The van der Waals surface area contributed by atoms with Crippen LogP contribution in [0.3, 0.4) is 0 Å².